The Morgan fingerprint density at radius 3 is 2.71 bits per heavy atom. The molecule has 3 aromatic rings. The molecular formula is C19H16FNO3. The quantitative estimate of drug-likeness (QED) is 0.758. The van der Waals surface area contributed by atoms with Gasteiger partial charge in [-0.1, -0.05) is 24.3 Å². The maximum absolute atomic E-state index is 13.8. The summed E-state index contributed by atoms with van der Waals surface area (Å²) in [6, 6.07) is 14.6. The molecule has 0 aliphatic heterocycles. The molecule has 5 heteroatoms. The summed E-state index contributed by atoms with van der Waals surface area (Å²) in [6.07, 6.45) is 0. The molecule has 122 valence electrons. The number of aliphatic hydroxyl groups excluding tert-OH is 1. The minimum Gasteiger partial charge on any atom is -0.451 e. The lowest BCUT2D eigenvalue weighted by atomic mass is 10.1. The third kappa shape index (κ3) is 3.21. The highest BCUT2D eigenvalue weighted by atomic mass is 19.1. The monoisotopic (exact) mass is 325 g/mol. The van der Waals surface area contributed by atoms with E-state index in [1.54, 1.807) is 36.4 Å². The van der Waals surface area contributed by atoms with Crippen molar-refractivity contribution in [1.82, 2.24) is 0 Å². The smallest absolute Gasteiger partial charge is 0.291 e. The number of rotatable bonds is 4. The summed E-state index contributed by atoms with van der Waals surface area (Å²) >= 11 is 0. The van der Waals surface area contributed by atoms with Gasteiger partial charge in [-0.2, -0.15) is 0 Å². The Morgan fingerprint density at radius 1 is 1.17 bits per heavy atom. The van der Waals surface area contributed by atoms with Gasteiger partial charge in [0.2, 0.25) is 0 Å². The second kappa shape index (κ2) is 6.68. The van der Waals surface area contributed by atoms with Crippen molar-refractivity contribution in [1.29, 1.82) is 0 Å². The average molecular weight is 325 g/mol. The van der Waals surface area contributed by atoms with Gasteiger partial charge in [-0.25, -0.2) is 4.39 Å². The van der Waals surface area contributed by atoms with E-state index in [2.05, 4.69) is 5.32 Å². The van der Waals surface area contributed by atoms with Crippen molar-refractivity contribution in [2.45, 2.75) is 13.5 Å². The van der Waals surface area contributed by atoms with E-state index in [0.717, 1.165) is 5.56 Å². The molecule has 2 N–H and O–H groups in total. The van der Waals surface area contributed by atoms with E-state index >= 15 is 0 Å². The second-order valence-corrected chi connectivity index (χ2v) is 5.41. The number of aliphatic hydroxyl groups is 1. The first kappa shape index (κ1) is 16.0. The van der Waals surface area contributed by atoms with E-state index < -0.39 is 11.7 Å². The average Bonchev–Trinajstić information content (AvgIpc) is 3.07. The lowest BCUT2D eigenvalue weighted by molar-refractivity contribution is 0.0997. The standard InChI is InChI=1S/C19H16FNO3/c1-12-6-7-13(11-22)10-16(12)21-19(23)18-9-8-17(24-18)14-4-2-3-5-15(14)20/h2-10,22H,11H2,1H3,(H,21,23). The third-order valence-corrected chi connectivity index (χ3v) is 3.70. The Bertz CT molecular complexity index is 886. The molecule has 0 aliphatic carbocycles. The van der Waals surface area contributed by atoms with Crippen LogP contribution < -0.4 is 5.32 Å². The Kier molecular flexibility index (Phi) is 4.44. The van der Waals surface area contributed by atoms with Crippen LogP contribution in [0.15, 0.2) is 59.0 Å². The molecule has 0 radical (unpaired) electrons. The van der Waals surface area contributed by atoms with E-state index in [0.29, 0.717) is 22.6 Å². The molecule has 2 aromatic carbocycles. The third-order valence-electron chi connectivity index (χ3n) is 3.70. The van der Waals surface area contributed by atoms with Gasteiger partial charge in [0.05, 0.1) is 12.2 Å². The summed E-state index contributed by atoms with van der Waals surface area (Å²) in [5.41, 5.74) is 2.45. The fourth-order valence-electron chi connectivity index (χ4n) is 2.35. The van der Waals surface area contributed by atoms with Crippen molar-refractivity contribution < 1.29 is 18.7 Å². The summed E-state index contributed by atoms with van der Waals surface area (Å²) in [4.78, 5) is 12.3. The molecule has 0 saturated carbocycles. The number of nitrogens with one attached hydrogen (secondary N) is 1. The largest absolute Gasteiger partial charge is 0.451 e. The van der Waals surface area contributed by atoms with Crippen LogP contribution in [-0.2, 0) is 6.61 Å². The van der Waals surface area contributed by atoms with Gasteiger partial charge in [-0.15, -0.1) is 0 Å². The predicted molar refractivity (Wildman–Crippen MR) is 89.2 cm³/mol. The topological polar surface area (TPSA) is 62.5 Å². The number of benzene rings is 2. The maximum Gasteiger partial charge on any atom is 0.291 e. The zero-order chi connectivity index (χ0) is 17.1. The van der Waals surface area contributed by atoms with E-state index in [1.165, 1.54) is 12.1 Å². The van der Waals surface area contributed by atoms with Crippen LogP contribution in [0.1, 0.15) is 21.7 Å². The molecule has 0 spiro atoms. The van der Waals surface area contributed by atoms with Crippen molar-refractivity contribution in [2.75, 3.05) is 5.32 Å². The van der Waals surface area contributed by atoms with Crippen molar-refractivity contribution in [3.05, 3.63) is 77.3 Å². The lowest BCUT2D eigenvalue weighted by Gasteiger charge is -2.08. The van der Waals surface area contributed by atoms with E-state index in [4.69, 9.17) is 4.42 Å². The summed E-state index contributed by atoms with van der Waals surface area (Å²) in [5, 5.41) is 11.9. The number of anilines is 1. The number of carbonyl (C=O) groups excluding carboxylic acids is 1. The van der Waals surface area contributed by atoms with Gasteiger partial charge in [0, 0.05) is 5.69 Å². The van der Waals surface area contributed by atoms with Gasteiger partial charge >= 0.3 is 0 Å². The molecule has 1 heterocycles. The minimum atomic E-state index is -0.434. The summed E-state index contributed by atoms with van der Waals surface area (Å²) < 4.78 is 19.3. The Morgan fingerprint density at radius 2 is 1.96 bits per heavy atom. The van der Waals surface area contributed by atoms with Crippen LogP contribution in [0.2, 0.25) is 0 Å². The molecule has 0 aliphatic rings. The van der Waals surface area contributed by atoms with Gasteiger partial charge < -0.3 is 14.8 Å². The Hall–Kier alpha value is -2.92. The van der Waals surface area contributed by atoms with Gasteiger partial charge in [-0.3, -0.25) is 4.79 Å². The molecule has 3 rings (SSSR count). The van der Waals surface area contributed by atoms with Crippen LogP contribution in [0.5, 0.6) is 0 Å². The Labute approximate surface area is 138 Å². The number of carbonyl (C=O) groups is 1. The van der Waals surface area contributed by atoms with Gasteiger partial charge in [-0.05, 0) is 48.4 Å². The van der Waals surface area contributed by atoms with E-state index in [9.17, 15) is 14.3 Å². The van der Waals surface area contributed by atoms with E-state index in [-0.39, 0.29) is 12.4 Å². The molecule has 0 unspecified atom stereocenters. The first-order valence-electron chi connectivity index (χ1n) is 7.45. The number of furan rings is 1. The summed E-state index contributed by atoms with van der Waals surface area (Å²) in [6.45, 7) is 1.74. The van der Waals surface area contributed by atoms with Crippen LogP contribution in [0, 0.1) is 12.7 Å². The SMILES string of the molecule is Cc1ccc(CO)cc1NC(=O)c1ccc(-c2ccccc2F)o1. The second-order valence-electron chi connectivity index (χ2n) is 5.41. The normalized spacial score (nSPS) is 10.6. The zero-order valence-electron chi connectivity index (χ0n) is 13.0. The molecule has 1 amide bonds. The zero-order valence-corrected chi connectivity index (χ0v) is 13.0. The first-order valence-corrected chi connectivity index (χ1v) is 7.45. The fraction of sp³-hybridized carbons (Fsp3) is 0.105. The molecule has 0 fully saturated rings. The molecule has 0 saturated heterocycles. The molecule has 0 bridgehead atoms. The van der Waals surface area contributed by atoms with Gasteiger partial charge in [0.15, 0.2) is 5.76 Å². The number of halogens is 1. The predicted octanol–water partition coefficient (Wildman–Crippen LogP) is 4.14. The van der Waals surface area contributed by atoms with Crippen molar-refractivity contribution >= 4 is 11.6 Å². The van der Waals surface area contributed by atoms with Crippen LogP contribution in [0.3, 0.4) is 0 Å². The number of aryl methyl sites for hydroxylation is 1. The lowest BCUT2D eigenvalue weighted by Crippen LogP contribution is -2.12. The van der Waals surface area contributed by atoms with Crippen molar-refractivity contribution in [2.24, 2.45) is 0 Å². The highest BCUT2D eigenvalue weighted by Gasteiger charge is 2.15. The molecular weight excluding hydrogens is 309 g/mol. The number of hydrogen-bond acceptors (Lipinski definition) is 3. The van der Waals surface area contributed by atoms with Gasteiger partial charge in [0.1, 0.15) is 11.6 Å². The molecule has 1 aromatic heterocycles. The fourth-order valence-corrected chi connectivity index (χ4v) is 2.35. The van der Waals surface area contributed by atoms with Crippen molar-refractivity contribution in [3.8, 4) is 11.3 Å². The molecule has 24 heavy (non-hydrogen) atoms. The maximum atomic E-state index is 13.8. The van der Waals surface area contributed by atoms with E-state index in [1.807, 2.05) is 13.0 Å². The highest BCUT2D eigenvalue weighted by Crippen LogP contribution is 2.25. The Balaban J connectivity index is 1.83. The van der Waals surface area contributed by atoms with Crippen LogP contribution in [-0.4, -0.2) is 11.0 Å². The molecule has 0 atom stereocenters. The minimum absolute atomic E-state index is 0.0852. The van der Waals surface area contributed by atoms with Crippen LogP contribution in [0.25, 0.3) is 11.3 Å². The number of amides is 1. The van der Waals surface area contributed by atoms with Crippen LogP contribution in [0.4, 0.5) is 10.1 Å². The van der Waals surface area contributed by atoms with Gasteiger partial charge in [0.25, 0.3) is 5.91 Å². The summed E-state index contributed by atoms with van der Waals surface area (Å²) in [5.74, 6) is -0.470. The number of hydrogen-bond donors (Lipinski definition) is 2. The van der Waals surface area contributed by atoms with Crippen LogP contribution >= 0.6 is 0 Å². The molecule has 4 nitrogen and oxygen atoms in total. The summed E-state index contributed by atoms with van der Waals surface area (Å²) in [7, 11) is 0. The highest BCUT2D eigenvalue weighted by molar-refractivity contribution is 6.03. The van der Waals surface area contributed by atoms with Crippen molar-refractivity contribution in [3.63, 3.8) is 0 Å². The first-order chi connectivity index (χ1) is 11.6.